The molecule has 3 nitrogen and oxygen atoms in total. The number of aliphatic hydroxyl groups excluding tert-OH is 1. The molecule has 1 atom stereocenters. The Balaban J connectivity index is 1.91. The quantitative estimate of drug-likeness (QED) is 0.701. The summed E-state index contributed by atoms with van der Waals surface area (Å²) in [7, 11) is 0. The summed E-state index contributed by atoms with van der Waals surface area (Å²) >= 11 is 0. The maximum absolute atomic E-state index is 10.0. The van der Waals surface area contributed by atoms with Crippen LogP contribution in [-0.2, 0) is 13.2 Å². The predicted octanol–water partition coefficient (Wildman–Crippen LogP) is 4.44. The number of benzene rings is 3. The van der Waals surface area contributed by atoms with Crippen LogP contribution in [0.15, 0.2) is 72.8 Å². The van der Waals surface area contributed by atoms with Crippen molar-refractivity contribution in [3.8, 4) is 16.9 Å². The number of nitrogens with two attached hydrogens (primary N) is 1. The second-order valence-electron chi connectivity index (χ2n) is 6.15. The highest BCUT2D eigenvalue weighted by Crippen LogP contribution is 2.27. The van der Waals surface area contributed by atoms with Crippen LogP contribution in [-0.4, -0.2) is 5.11 Å². The van der Waals surface area contributed by atoms with E-state index in [0.29, 0.717) is 13.2 Å². The molecule has 0 spiro atoms. The van der Waals surface area contributed by atoms with Crippen molar-refractivity contribution >= 4 is 0 Å². The minimum Gasteiger partial charge on any atom is -0.489 e. The number of aliphatic hydroxyl groups is 1. The third-order valence-electron chi connectivity index (χ3n) is 4.14. The van der Waals surface area contributed by atoms with Crippen LogP contribution in [0.5, 0.6) is 5.75 Å². The van der Waals surface area contributed by atoms with Gasteiger partial charge in [0.15, 0.2) is 0 Å². The van der Waals surface area contributed by atoms with Crippen LogP contribution in [0.2, 0.25) is 0 Å². The first-order valence-electron chi connectivity index (χ1n) is 8.45. The summed E-state index contributed by atoms with van der Waals surface area (Å²) < 4.78 is 5.86. The van der Waals surface area contributed by atoms with Gasteiger partial charge in [-0.3, -0.25) is 0 Å². The average molecular weight is 333 g/mol. The van der Waals surface area contributed by atoms with E-state index < -0.39 is 6.10 Å². The molecule has 25 heavy (non-hydrogen) atoms. The second kappa shape index (κ2) is 7.97. The lowest BCUT2D eigenvalue weighted by Crippen LogP contribution is -2.00. The molecule has 0 bridgehead atoms. The van der Waals surface area contributed by atoms with Crippen molar-refractivity contribution in [3.63, 3.8) is 0 Å². The van der Waals surface area contributed by atoms with Crippen LogP contribution in [0.1, 0.15) is 29.7 Å². The second-order valence-corrected chi connectivity index (χ2v) is 6.15. The molecule has 3 heteroatoms. The van der Waals surface area contributed by atoms with E-state index in [1.807, 2.05) is 54.6 Å². The lowest BCUT2D eigenvalue weighted by Gasteiger charge is -2.13. The third kappa shape index (κ3) is 4.47. The van der Waals surface area contributed by atoms with Crippen molar-refractivity contribution in [3.05, 3.63) is 89.5 Å². The molecule has 3 aromatic rings. The van der Waals surface area contributed by atoms with E-state index in [1.165, 1.54) is 0 Å². The zero-order valence-corrected chi connectivity index (χ0v) is 14.4. The van der Waals surface area contributed by atoms with Crippen molar-refractivity contribution in [2.24, 2.45) is 5.73 Å². The summed E-state index contributed by atoms with van der Waals surface area (Å²) in [5.41, 5.74) is 10.9. The Kier molecular flexibility index (Phi) is 5.49. The molecule has 0 amide bonds. The number of rotatable bonds is 6. The van der Waals surface area contributed by atoms with Crippen LogP contribution in [0.3, 0.4) is 0 Å². The van der Waals surface area contributed by atoms with Gasteiger partial charge in [-0.1, -0.05) is 36.4 Å². The first kappa shape index (κ1) is 17.2. The zero-order valence-electron chi connectivity index (χ0n) is 14.4. The Hall–Kier alpha value is -2.62. The maximum atomic E-state index is 10.0. The van der Waals surface area contributed by atoms with E-state index in [1.54, 1.807) is 6.92 Å². The number of para-hydroxylation sites is 1. The monoisotopic (exact) mass is 333 g/mol. The molecule has 1 unspecified atom stereocenters. The largest absolute Gasteiger partial charge is 0.489 e. The van der Waals surface area contributed by atoms with Gasteiger partial charge in [-0.25, -0.2) is 0 Å². The van der Waals surface area contributed by atoms with Crippen LogP contribution in [0.25, 0.3) is 11.1 Å². The topological polar surface area (TPSA) is 55.5 Å². The molecule has 0 saturated heterocycles. The van der Waals surface area contributed by atoms with Gasteiger partial charge in [0.25, 0.3) is 0 Å². The fourth-order valence-corrected chi connectivity index (χ4v) is 2.77. The van der Waals surface area contributed by atoms with Gasteiger partial charge < -0.3 is 15.6 Å². The Morgan fingerprint density at radius 2 is 1.64 bits per heavy atom. The highest BCUT2D eigenvalue weighted by molar-refractivity contribution is 5.66. The van der Waals surface area contributed by atoms with Crippen molar-refractivity contribution in [2.45, 2.75) is 26.2 Å². The maximum Gasteiger partial charge on any atom is 0.119 e. The van der Waals surface area contributed by atoms with E-state index in [9.17, 15) is 5.11 Å². The number of hydrogen-bond donors (Lipinski definition) is 2. The summed E-state index contributed by atoms with van der Waals surface area (Å²) in [6.07, 6.45) is -0.534. The molecule has 0 aliphatic carbocycles. The van der Waals surface area contributed by atoms with Crippen LogP contribution in [0, 0.1) is 0 Å². The normalized spacial score (nSPS) is 12.0. The van der Waals surface area contributed by atoms with E-state index in [2.05, 4.69) is 18.2 Å². The van der Waals surface area contributed by atoms with Crippen molar-refractivity contribution < 1.29 is 9.84 Å². The van der Waals surface area contributed by atoms with E-state index in [-0.39, 0.29) is 0 Å². The lowest BCUT2D eigenvalue weighted by atomic mass is 9.97. The van der Waals surface area contributed by atoms with Crippen molar-refractivity contribution in [2.75, 3.05) is 0 Å². The molecule has 3 rings (SSSR count). The molecule has 0 saturated carbocycles. The summed E-state index contributed by atoms with van der Waals surface area (Å²) in [4.78, 5) is 0. The average Bonchev–Trinajstić information content (AvgIpc) is 2.67. The summed E-state index contributed by atoms with van der Waals surface area (Å²) in [5.74, 6) is 0.830. The van der Waals surface area contributed by atoms with E-state index >= 15 is 0 Å². The molecular formula is C22H23NO2. The molecule has 128 valence electrons. The molecule has 0 radical (unpaired) electrons. The van der Waals surface area contributed by atoms with Crippen LogP contribution in [0.4, 0.5) is 0 Å². The Morgan fingerprint density at radius 3 is 2.36 bits per heavy atom. The summed E-state index contributed by atoms with van der Waals surface area (Å²) in [5, 5.41) is 10.0. The van der Waals surface area contributed by atoms with Crippen LogP contribution < -0.4 is 10.5 Å². The molecule has 0 fully saturated rings. The molecule has 0 aliphatic rings. The van der Waals surface area contributed by atoms with Crippen molar-refractivity contribution in [1.82, 2.24) is 0 Å². The molecule has 3 aromatic carbocycles. The Bertz CT molecular complexity index is 828. The zero-order chi connectivity index (χ0) is 17.6. The minimum atomic E-state index is -0.534. The Labute approximate surface area is 148 Å². The highest BCUT2D eigenvalue weighted by Gasteiger charge is 2.08. The fourth-order valence-electron chi connectivity index (χ4n) is 2.77. The van der Waals surface area contributed by atoms with Gasteiger partial charge in [0.1, 0.15) is 12.4 Å². The molecule has 0 aliphatic heterocycles. The molecular weight excluding hydrogens is 310 g/mol. The highest BCUT2D eigenvalue weighted by atomic mass is 16.5. The first-order chi connectivity index (χ1) is 12.2. The standard InChI is InChI=1S/C22H23NO2/c1-16(24)20-11-18(15-25-22-8-3-2-4-9-22)12-21(13-20)19-7-5-6-17(10-19)14-23/h2-13,16,24H,14-15,23H2,1H3. The Morgan fingerprint density at radius 1 is 0.880 bits per heavy atom. The minimum absolute atomic E-state index is 0.453. The molecule has 0 aromatic heterocycles. The van der Waals surface area contributed by atoms with Crippen molar-refractivity contribution in [1.29, 1.82) is 0 Å². The fraction of sp³-hybridized carbons (Fsp3) is 0.182. The van der Waals surface area contributed by atoms with Gasteiger partial charge in [0.05, 0.1) is 6.10 Å². The number of ether oxygens (including phenoxy) is 1. The predicted molar refractivity (Wildman–Crippen MR) is 101 cm³/mol. The first-order valence-corrected chi connectivity index (χ1v) is 8.45. The van der Waals surface area contributed by atoms with Crippen LogP contribution >= 0.6 is 0 Å². The molecule has 3 N–H and O–H groups in total. The van der Waals surface area contributed by atoms with Gasteiger partial charge >= 0.3 is 0 Å². The van der Waals surface area contributed by atoms with Gasteiger partial charge in [-0.2, -0.15) is 0 Å². The SMILES string of the molecule is CC(O)c1cc(COc2ccccc2)cc(-c2cccc(CN)c2)c1. The molecule has 0 heterocycles. The summed E-state index contributed by atoms with van der Waals surface area (Å²) in [6, 6.07) is 24.0. The van der Waals surface area contributed by atoms with Gasteiger partial charge in [0, 0.05) is 6.54 Å². The van der Waals surface area contributed by atoms with E-state index in [0.717, 1.165) is 33.6 Å². The van der Waals surface area contributed by atoms with Gasteiger partial charge in [0.2, 0.25) is 0 Å². The van der Waals surface area contributed by atoms with Gasteiger partial charge in [-0.15, -0.1) is 0 Å². The third-order valence-corrected chi connectivity index (χ3v) is 4.14. The summed E-state index contributed by atoms with van der Waals surface area (Å²) in [6.45, 7) is 2.74. The van der Waals surface area contributed by atoms with E-state index in [4.69, 9.17) is 10.5 Å². The number of hydrogen-bond acceptors (Lipinski definition) is 3. The van der Waals surface area contributed by atoms with Gasteiger partial charge in [-0.05, 0) is 71.1 Å². The lowest BCUT2D eigenvalue weighted by molar-refractivity contribution is 0.199. The smallest absolute Gasteiger partial charge is 0.119 e.